The molecule has 1 aliphatic heterocycles. The molecule has 3 rings (SSSR count). The number of rotatable bonds is 7. The molecule has 0 spiro atoms. The van der Waals surface area contributed by atoms with Gasteiger partial charge in [-0.1, -0.05) is 0 Å². The molecule has 168 valence electrons. The fourth-order valence-electron chi connectivity index (χ4n) is 3.47. The van der Waals surface area contributed by atoms with Crippen LogP contribution in [0.25, 0.3) is 0 Å². The van der Waals surface area contributed by atoms with E-state index in [2.05, 4.69) is 15.7 Å². The van der Waals surface area contributed by atoms with Crippen LogP contribution in [-0.2, 0) is 19.4 Å². The molecular formula is C20H32N4O5S. The summed E-state index contributed by atoms with van der Waals surface area (Å²) in [6.45, 7) is 7.19. The van der Waals surface area contributed by atoms with Gasteiger partial charge in [0.25, 0.3) is 0 Å². The van der Waals surface area contributed by atoms with Crippen LogP contribution in [0.3, 0.4) is 0 Å². The molecule has 2 N–H and O–H groups in total. The maximum atomic E-state index is 12.5. The molecule has 2 fully saturated rings. The molecule has 2 amide bonds. The first-order valence-electron chi connectivity index (χ1n) is 10.5. The second kappa shape index (κ2) is 8.56. The van der Waals surface area contributed by atoms with Crippen molar-refractivity contribution < 1.29 is 22.7 Å². The number of carbonyl (C=O) groups is 2. The van der Waals surface area contributed by atoms with Crippen molar-refractivity contribution in [2.45, 2.75) is 83.4 Å². The SMILES string of the molecule is CC(CCC(=O)Nc1cc(C2CC2)nn1C1CCS(=O)(=O)C1)NC(=O)OC(C)(C)C. The minimum Gasteiger partial charge on any atom is -0.444 e. The predicted octanol–water partition coefficient (Wildman–Crippen LogP) is 2.75. The molecule has 2 atom stereocenters. The summed E-state index contributed by atoms with van der Waals surface area (Å²) in [6, 6.07) is 1.39. The first-order valence-corrected chi connectivity index (χ1v) is 12.3. The van der Waals surface area contributed by atoms with Crippen LogP contribution in [0.5, 0.6) is 0 Å². The van der Waals surface area contributed by atoms with E-state index in [-0.39, 0.29) is 35.9 Å². The normalized spacial score (nSPS) is 21.8. The summed E-state index contributed by atoms with van der Waals surface area (Å²) in [5.74, 6) is 0.961. The summed E-state index contributed by atoms with van der Waals surface area (Å²) in [6.07, 6.45) is 2.80. The number of hydrogen-bond acceptors (Lipinski definition) is 6. The van der Waals surface area contributed by atoms with Crippen LogP contribution in [0.4, 0.5) is 10.6 Å². The highest BCUT2D eigenvalue weighted by atomic mass is 32.2. The van der Waals surface area contributed by atoms with Crippen molar-refractivity contribution in [3.05, 3.63) is 11.8 Å². The summed E-state index contributed by atoms with van der Waals surface area (Å²) in [5, 5.41) is 10.2. The first kappa shape index (κ1) is 22.6. The molecule has 0 bridgehead atoms. The third kappa shape index (κ3) is 6.45. The second-order valence-electron chi connectivity index (χ2n) is 9.36. The fourth-order valence-corrected chi connectivity index (χ4v) is 5.16. The number of amides is 2. The van der Waals surface area contributed by atoms with Crippen LogP contribution >= 0.6 is 0 Å². The topological polar surface area (TPSA) is 119 Å². The van der Waals surface area contributed by atoms with Gasteiger partial charge in [-0.25, -0.2) is 17.9 Å². The van der Waals surface area contributed by atoms with E-state index in [9.17, 15) is 18.0 Å². The van der Waals surface area contributed by atoms with Crippen LogP contribution in [0, 0.1) is 0 Å². The van der Waals surface area contributed by atoms with Gasteiger partial charge in [-0.15, -0.1) is 0 Å². The van der Waals surface area contributed by atoms with Gasteiger partial charge in [0.15, 0.2) is 9.84 Å². The highest BCUT2D eigenvalue weighted by Crippen LogP contribution is 2.41. The van der Waals surface area contributed by atoms with E-state index in [0.717, 1.165) is 18.5 Å². The van der Waals surface area contributed by atoms with Crippen LogP contribution in [-0.4, -0.2) is 53.3 Å². The van der Waals surface area contributed by atoms with E-state index in [1.54, 1.807) is 25.5 Å². The Morgan fingerprint density at radius 2 is 2.00 bits per heavy atom. The number of nitrogens with one attached hydrogen (secondary N) is 2. The smallest absolute Gasteiger partial charge is 0.407 e. The third-order valence-corrected chi connectivity index (χ3v) is 6.89. The lowest BCUT2D eigenvalue weighted by atomic mass is 10.1. The van der Waals surface area contributed by atoms with Crippen LogP contribution in [0.15, 0.2) is 6.07 Å². The van der Waals surface area contributed by atoms with Crippen molar-refractivity contribution in [2.75, 3.05) is 16.8 Å². The molecule has 1 saturated heterocycles. The van der Waals surface area contributed by atoms with Gasteiger partial charge >= 0.3 is 6.09 Å². The summed E-state index contributed by atoms with van der Waals surface area (Å²) in [4.78, 5) is 24.3. The Kier molecular flexibility index (Phi) is 6.45. The number of ether oxygens (including phenoxy) is 1. The van der Waals surface area contributed by atoms with Gasteiger partial charge < -0.3 is 15.4 Å². The van der Waals surface area contributed by atoms with Gasteiger partial charge in [0.2, 0.25) is 5.91 Å². The lowest BCUT2D eigenvalue weighted by molar-refractivity contribution is -0.116. The molecule has 2 heterocycles. The number of hydrogen-bond donors (Lipinski definition) is 2. The quantitative estimate of drug-likeness (QED) is 0.673. The molecule has 1 aromatic rings. The van der Waals surface area contributed by atoms with Gasteiger partial charge in [0.1, 0.15) is 11.4 Å². The van der Waals surface area contributed by atoms with Gasteiger partial charge in [0.05, 0.1) is 23.2 Å². The third-order valence-electron chi connectivity index (χ3n) is 5.14. The number of carbonyl (C=O) groups excluding carboxylic acids is 2. The summed E-state index contributed by atoms with van der Waals surface area (Å²) < 4.78 is 30.7. The zero-order valence-electron chi connectivity index (χ0n) is 18.1. The highest BCUT2D eigenvalue weighted by molar-refractivity contribution is 7.91. The van der Waals surface area contributed by atoms with Crippen LogP contribution in [0.2, 0.25) is 0 Å². The minimum atomic E-state index is -3.06. The number of alkyl carbamates (subject to hydrolysis) is 1. The molecule has 10 heteroatoms. The van der Waals surface area contributed by atoms with Gasteiger partial charge in [-0.05, 0) is 53.4 Å². The lowest BCUT2D eigenvalue weighted by Crippen LogP contribution is -2.38. The second-order valence-corrected chi connectivity index (χ2v) is 11.6. The summed E-state index contributed by atoms with van der Waals surface area (Å²) in [7, 11) is -3.06. The highest BCUT2D eigenvalue weighted by Gasteiger charge is 2.34. The molecule has 1 saturated carbocycles. The summed E-state index contributed by atoms with van der Waals surface area (Å²) >= 11 is 0. The van der Waals surface area contributed by atoms with Crippen molar-refractivity contribution >= 4 is 27.7 Å². The number of anilines is 1. The lowest BCUT2D eigenvalue weighted by Gasteiger charge is -2.22. The van der Waals surface area contributed by atoms with Crippen molar-refractivity contribution in [3.63, 3.8) is 0 Å². The largest absolute Gasteiger partial charge is 0.444 e. The number of nitrogens with zero attached hydrogens (tertiary/aromatic N) is 2. The number of sulfone groups is 1. The van der Waals surface area contributed by atoms with Crippen LogP contribution in [0.1, 0.15) is 77.5 Å². The van der Waals surface area contributed by atoms with Crippen molar-refractivity contribution in [3.8, 4) is 0 Å². The average Bonchev–Trinajstić information content (AvgIpc) is 3.27. The molecule has 0 radical (unpaired) electrons. The number of aromatic nitrogens is 2. The van der Waals surface area contributed by atoms with Crippen molar-refractivity contribution in [2.24, 2.45) is 0 Å². The Bertz CT molecular complexity index is 899. The molecule has 2 unspecified atom stereocenters. The Balaban J connectivity index is 1.56. The maximum Gasteiger partial charge on any atom is 0.407 e. The molecule has 1 aliphatic carbocycles. The van der Waals surface area contributed by atoms with E-state index >= 15 is 0 Å². The monoisotopic (exact) mass is 440 g/mol. The van der Waals surface area contributed by atoms with Gasteiger partial charge in [-0.2, -0.15) is 5.10 Å². The van der Waals surface area contributed by atoms with Gasteiger partial charge in [-0.3, -0.25) is 4.79 Å². The predicted molar refractivity (Wildman–Crippen MR) is 113 cm³/mol. The van der Waals surface area contributed by atoms with E-state index in [4.69, 9.17) is 4.74 Å². The Hall–Kier alpha value is -2.10. The van der Waals surface area contributed by atoms with E-state index in [0.29, 0.717) is 24.6 Å². The molecule has 0 aromatic carbocycles. The van der Waals surface area contributed by atoms with Crippen molar-refractivity contribution in [1.82, 2.24) is 15.1 Å². The molecule has 2 aliphatic rings. The molecule has 9 nitrogen and oxygen atoms in total. The van der Waals surface area contributed by atoms with Crippen LogP contribution < -0.4 is 10.6 Å². The Morgan fingerprint density at radius 3 is 2.57 bits per heavy atom. The first-order chi connectivity index (χ1) is 13.9. The van der Waals surface area contributed by atoms with Gasteiger partial charge in [0, 0.05) is 24.4 Å². The Labute approximate surface area is 177 Å². The van der Waals surface area contributed by atoms with E-state index < -0.39 is 21.5 Å². The van der Waals surface area contributed by atoms with Crippen molar-refractivity contribution in [1.29, 1.82) is 0 Å². The maximum absolute atomic E-state index is 12.5. The summed E-state index contributed by atoms with van der Waals surface area (Å²) in [5.41, 5.74) is 0.335. The zero-order valence-corrected chi connectivity index (χ0v) is 18.9. The molecule has 1 aromatic heterocycles. The standard InChI is InChI=1S/C20H32N4O5S/c1-13(21-19(26)29-20(2,3)4)5-8-18(25)22-17-11-16(14-6-7-14)23-24(17)15-9-10-30(27,28)12-15/h11,13-15H,5-10,12H2,1-4H3,(H,21,26)(H,22,25). The zero-order chi connectivity index (χ0) is 22.1. The fraction of sp³-hybridized carbons (Fsp3) is 0.750. The minimum absolute atomic E-state index is 0.0541. The van der Waals surface area contributed by atoms with E-state index in [1.807, 2.05) is 13.0 Å². The average molecular weight is 441 g/mol. The Morgan fingerprint density at radius 1 is 1.30 bits per heavy atom. The molecular weight excluding hydrogens is 408 g/mol. The van der Waals surface area contributed by atoms with E-state index in [1.165, 1.54) is 0 Å². The molecule has 30 heavy (non-hydrogen) atoms.